The molecule has 9 heteroatoms. The molecule has 158 valence electrons. The van der Waals surface area contributed by atoms with Crippen molar-refractivity contribution in [3.8, 4) is 11.5 Å². The summed E-state index contributed by atoms with van der Waals surface area (Å²) in [5.41, 5.74) is 2.11. The van der Waals surface area contributed by atoms with Gasteiger partial charge in [0.25, 0.3) is 0 Å². The van der Waals surface area contributed by atoms with Crippen LogP contribution in [0.15, 0.2) is 30.6 Å². The third-order valence-electron chi connectivity index (χ3n) is 5.37. The molecule has 1 fully saturated rings. The van der Waals surface area contributed by atoms with Gasteiger partial charge in [-0.15, -0.1) is 12.4 Å². The van der Waals surface area contributed by atoms with Gasteiger partial charge < -0.3 is 24.4 Å². The summed E-state index contributed by atoms with van der Waals surface area (Å²) in [5.74, 6) is 1.62. The van der Waals surface area contributed by atoms with E-state index in [4.69, 9.17) is 14.2 Å². The van der Waals surface area contributed by atoms with Crippen LogP contribution in [0.4, 0.5) is 0 Å². The van der Waals surface area contributed by atoms with Crippen molar-refractivity contribution in [1.29, 1.82) is 0 Å². The van der Waals surface area contributed by atoms with Gasteiger partial charge in [-0.1, -0.05) is 6.07 Å². The number of carbonyl (C=O) groups is 1. The maximum absolute atomic E-state index is 13.4. The molecule has 1 N–H and O–H groups in total. The van der Waals surface area contributed by atoms with Gasteiger partial charge in [0.15, 0.2) is 11.5 Å². The molecule has 0 bridgehead atoms. The molecule has 4 rings (SSSR count). The minimum absolute atomic E-state index is 0. The Morgan fingerprint density at radius 2 is 2.17 bits per heavy atom. The molecule has 0 aliphatic carbocycles. The van der Waals surface area contributed by atoms with Crippen LogP contribution in [0.25, 0.3) is 0 Å². The Bertz CT molecular complexity index is 844. The first kappa shape index (κ1) is 21.4. The first-order chi connectivity index (χ1) is 13.7. The van der Waals surface area contributed by atoms with Crippen molar-refractivity contribution in [3.63, 3.8) is 0 Å². The van der Waals surface area contributed by atoms with Gasteiger partial charge in [0.05, 0.1) is 18.7 Å². The van der Waals surface area contributed by atoms with Gasteiger partial charge in [-0.05, 0) is 23.3 Å². The summed E-state index contributed by atoms with van der Waals surface area (Å²) in [6.45, 7) is 3.24. The third kappa shape index (κ3) is 4.66. The average Bonchev–Trinajstić information content (AvgIpc) is 3.43. The second kappa shape index (κ2) is 9.47. The Labute approximate surface area is 176 Å². The molecular formula is C20H27ClN4O4. The van der Waals surface area contributed by atoms with Gasteiger partial charge in [-0.2, -0.15) is 5.10 Å². The van der Waals surface area contributed by atoms with Crippen molar-refractivity contribution in [2.24, 2.45) is 13.0 Å². The van der Waals surface area contributed by atoms with E-state index in [0.29, 0.717) is 26.2 Å². The highest BCUT2D eigenvalue weighted by Gasteiger charge is 2.37. The second-order valence-corrected chi connectivity index (χ2v) is 7.26. The van der Waals surface area contributed by atoms with Crippen LogP contribution in [0.5, 0.6) is 11.5 Å². The SMILES string of the molecule is COCCN(Cc1ccc2c(c1)OCO2)C(=O)[C@H]1CNC[C@@H]1c1cnn(C)c1.Cl. The number of nitrogens with one attached hydrogen (secondary N) is 1. The molecule has 3 heterocycles. The lowest BCUT2D eigenvalue weighted by molar-refractivity contribution is -0.136. The molecule has 2 aromatic rings. The zero-order valence-electron chi connectivity index (χ0n) is 16.7. The van der Waals surface area contributed by atoms with E-state index >= 15 is 0 Å². The van der Waals surface area contributed by atoms with Gasteiger partial charge in [0.1, 0.15) is 0 Å². The van der Waals surface area contributed by atoms with Crippen molar-refractivity contribution < 1.29 is 19.0 Å². The number of methoxy groups -OCH3 is 1. The first-order valence-corrected chi connectivity index (χ1v) is 9.51. The maximum Gasteiger partial charge on any atom is 0.231 e. The highest BCUT2D eigenvalue weighted by atomic mass is 35.5. The molecular weight excluding hydrogens is 396 g/mol. The number of ether oxygens (including phenoxy) is 3. The summed E-state index contributed by atoms with van der Waals surface area (Å²) in [6.07, 6.45) is 3.85. The lowest BCUT2D eigenvalue weighted by Crippen LogP contribution is -2.40. The van der Waals surface area contributed by atoms with Gasteiger partial charge in [0.2, 0.25) is 12.7 Å². The zero-order valence-corrected chi connectivity index (χ0v) is 17.5. The lowest BCUT2D eigenvalue weighted by Gasteiger charge is -2.28. The summed E-state index contributed by atoms with van der Waals surface area (Å²) in [7, 11) is 3.55. The van der Waals surface area contributed by atoms with Crippen molar-refractivity contribution in [3.05, 3.63) is 41.7 Å². The van der Waals surface area contributed by atoms with Crippen molar-refractivity contribution in [2.75, 3.05) is 40.1 Å². The number of benzene rings is 1. The normalized spacial score (nSPS) is 19.8. The minimum atomic E-state index is -0.116. The minimum Gasteiger partial charge on any atom is -0.454 e. The van der Waals surface area contributed by atoms with Gasteiger partial charge >= 0.3 is 0 Å². The number of hydrogen-bond acceptors (Lipinski definition) is 6. The number of aromatic nitrogens is 2. The maximum atomic E-state index is 13.4. The smallest absolute Gasteiger partial charge is 0.231 e. The Morgan fingerprint density at radius 1 is 1.34 bits per heavy atom. The standard InChI is InChI=1S/C20H26N4O4.ClH/c1-23-12-15(8-22-23)16-9-21-10-17(16)20(25)24(5-6-26-2)11-14-3-4-18-19(7-14)28-13-27-18;/h3-4,7-8,12,16-17,21H,5-6,9-11,13H2,1-2H3;1H/t16-,17+;/m1./s1. The van der Waals surface area contributed by atoms with Crippen LogP contribution in [0.3, 0.4) is 0 Å². The Hall–Kier alpha value is -2.29. The Balaban J connectivity index is 0.00000240. The number of carbonyl (C=O) groups excluding carboxylic acids is 1. The topological polar surface area (TPSA) is 77.8 Å². The highest BCUT2D eigenvalue weighted by molar-refractivity contribution is 5.85. The van der Waals surface area contributed by atoms with Gasteiger partial charge in [-0.25, -0.2) is 0 Å². The fraction of sp³-hybridized carbons (Fsp3) is 0.500. The molecule has 2 aliphatic heterocycles. The first-order valence-electron chi connectivity index (χ1n) is 9.51. The zero-order chi connectivity index (χ0) is 19.5. The molecule has 1 saturated heterocycles. The van der Waals surface area contributed by atoms with Gasteiger partial charge in [-0.3, -0.25) is 9.48 Å². The number of amides is 1. The monoisotopic (exact) mass is 422 g/mol. The van der Waals surface area contributed by atoms with E-state index in [9.17, 15) is 4.79 Å². The van der Waals surface area contributed by atoms with E-state index in [-0.39, 0.29) is 36.9 Å². The third-order valence-corrected chi connectivity index (χ3v) is 5.37. The van der Waals surface area contributed by atoms with Crippen LogP contribution in [0.1, 0.15) is 17.0 Å². The molecule has 2 aliphatic rings. The fourth-order valence-electron chi connectivity index (χ4n) is 3.88. The molecule has 0 spiro atoms. The molecule has 1 aromatic carbocycles. The number of rotatable bonds is 7. The molecule has 0 saturated carbocycles. The Kier molecular flexibility index (Phi) is 7.00. The van der Waals surface area contributed by atoms with E-state index in [1.54, 1.807) is 11.8 Å². The molecule has 1 aromatic heterocycles. The van der Waals surface area contributed by atoms with Crippen LogP contribution in [0, 0.1) is 5.92 Å². The van der Waals surface area contributed by atoms with Crippen molar-refractivity contribution >= 4 is 18.3 Å². The molecule has 29 heavy (non-hydrogen) atoms. The fourth-order valence-corrected chi connectivity index (χ4v) is 3.88. The number of fused-ring (bicyclic) bond motifs is 1. The van der Waals surface area contributed by atoms with Crippen LogP contribution < -0.4 is 14.8 Å². The molecule has 0 radical (unpaired) electrons. The highest BCUT2D eigenvalue weighted by Crippen LogP contribution is 2.34. The number of halogens is 1. The van der Waals surface area contributed by atoms with E-state index in [1.807, 2.05) is 42.5 Å². The summed E-state index contributed by atoms with van der Waals surface area (Å²) in [5, 5.41) is 7.64. The lowest BCUT2D eigenvalue weighted by atomic mass is 9.89. The number of nitrogens with zero attached hydrogens (tertiary/aromatic N) is 3. The van der Waals surface area contributed by atoms with Crippen LogP contribution in [-0.4, -0.2) is 60.7 Å². The van der Waals surface area contributed by atoms with Crippen LogP contribution >= 0.6 is 12.4 Å². The second-order valence-electron chi connectivity index (χ2n) is 7.26. The van der Waals surface area contributed by atoms with E-state index < -0.39 is 0 Å². The summed E-state index contributed by atoms with van der Waals surface area (Å²) in [6, 6.07) is 5.82. The van der Waals surface area contributed by atoms with Crippen LogP contribution in [0.2, 0.25) is 0 Å². The van der Waals surface area contributed by atoms with Crippen LogP contribution in [-0.2, 0) is 23.1 Å². The molecule has 2 atom stereocenters. The van der Waals surface area contributed by atoms with E-state index in [0.717, 1.165) is 29.2 Å². The Morgan fingerprint density at radius 3 is 2.93 bits per heavy atom. The van der Waals surface area contributed by atoms with Gasteiger partial charge in [0, 0.05) is 52.5 Å². The summed E-state index contributed by atoms with van der Waals surface area (Å²) >= 11 is 0. The number of hydrogen-bond donors (Lipinski definition) is 1. The largest absolute Gasteiger partial charge is 0.454 e. The summed E-state index contributed by atoms with van der Waals surface area (Å²) in [4.78, 5) is 15.3. The predicted molar refractivity (Wildman–Crippen MR) is 109 cm³/mol. The predicted octanol–water partition coefficient (Wildman–Crippen LogP) is 1.55. The molecule has 0 unspecified atom stereocenters. The van der Waals surface area contributed by atoms with Crippen molar-refractivity contribution in [2.45, 2.75) is 12.5 Å². The molecule has 8 nitrogen and oxygen atoms in total. The average molecular weight is 423 g/mol. The molecule has 1 amide bonds. The van der Waals surface area contributed by atoms with E-state index in [1.165, 1.54) is 0 Å². The van der Waals surface area contributed by atoms with E-state index in [2.05, 4.69) is 10.4 Å². The number of aryl methyl sites for hydroxylation is 1. The summed E-state index contributed by atoms with van der Waals surface area (Å²) < 4.78 is 17.9. The quantitative estimate of drug-likeness (QED) is 0.729. The van der Waals surface area contributed by atoms with Crippen molar-refractivity contribution in [1.82, 2.24) is 20.0 Å².